The molecule has 0 bridgehead atoms. The van der Waals surface area contributed by atoms with Crippen LogP contribution in [0.2, 0.25) is 0 Å². The Morgan fingerprint density at radius 1 is 1.29 bits per heavy atom. The van der Waals surface area contributed by atoms with E-state index in [1.54, 1.807) is 0 Å². The normalized spacial score (nSPS) is 10.2. The van der Waals surface area contributed by atoms with Crippen LogP contribution < -0.4 is 4.74 Å². The summed E-state index contributed by atoms with van der Waals surface area (Å²) in [6.07, 6.45) is 0. The summed E-state index contributed by atoms with van der Waals surface area (Å²) < 4.78 is 19.4. The topological polar surface area (TPSA) is 89.7 Å². The van der Waals surface area contributed by atoms with Gasteiger partial charge in [0.05, 0.1) is 16.6 Å². The van der Waals surface area contributed by atoms with Crippen molar-refractivity contribution >= 4 is 27.6 Å². The lowest BCUT2D eigenvalue weighted by molar-refractivity contribution is -0.385. The predicted octanol–water partition coefficient (Wildman–Crippen LogP) is 3.99. The standard InChI is InChI=1S/C13H7BrFNO5/c14-8-3-7(13(17)18)4-10(5-8)21-12-2-1-9(16(19)20)6-11(12)15/h1-6H,(H,17,18). The van der Waals surface area contributed by atoms with Gasteiger partial charge in [0.15, 0.2) is 11.6 Å². The molecule has 1 N–H and O–H groups in total. The van der Waals surface area contributed by atoms with Gasteiger partial charge >= 0.3 is 5.97 Å². The highest BCUT2D eigenvalue weighted by atomic mass is 79.9. The van der Waals surface area contributed by atoms with E-state index in [0.29, 0.717) is 4.47 Å². The van der Waals surface area contributed by atoms with E-state index in [0.717, 1.165) is 18.2 Å². The van der Waals surface area contributed by atoms with Gasteiger partial charge in [-0.25, -0.2) is 9.18 Å². The number of carboxylic acid groups (broad SMARTS) is 1. The number of halogens is 2. The Labute approximate surface area is 126 Å². The zero-order valence-electron chi connectivity index (χ0n) is 10.2. The molecule has 2 aromatic rings. The Morgan fingerprint density at radius 2 is 2.00 bits per heavy atom. The average Bonchev–Trinajstić information content (AvgIpc) is 2.40. The maximum atomic E-state index is 13.7. The lowest BCUT2D eigenvalue weighted by atomic mass is 10.2. The van der Waals surface area contributed by atoms with Gasteiger partial charge in [0.25, 0.3) is 5.69 Å². The van der Waals surface area contributed by atoms with Gasteiger partial charge in [-0.15, -0.1) is 0 Å². The van der Waals surface area contributed by atoms with E-state index < -0.39 is 22.4 Å². The fourth-order valence-corrected chi connectivity index (χ4v) is 2.03. The minimum absolute atomic E-state index is 0.0401. The first kappa shape index (κ1) is 14.9. The van der Waals surface area contributed by atoms with Crippen LogP contribution in [0.4, 0.5) is 10.1 Å². The molecule has 0 aromatic heterocycles. The predicted molar refractivity (Wildman–Crippen MR) is 74.2 cm³/mol. The molecule has 0 amide bonds. The third-order valence-electron chi connectivity index (χ3n) is 2.47. The third kappa shape index (κ3) is 3.54. The van der Waals surface area contributed by atoms with Crippen molar-refractivity contribution in [1.29, 1.82) is 0 Å². The van der Waals surface area contributed by atoms with Crippen molar-refractivity contribution in [2.45, 2.75) is 0 Å². The van der Waals surface area contributed by atoms with Gasteiger partial charge in [0, 0.05) is 10.5 Å². The molecule has 21 heavy (non-hydrogen) atoms. The van der Waals surface area contributed by atoms with Crippen LogP contribution in [-0.4, -0.2) is 16.0 Å². The van der Waals surface area contributed by atoms with E-state index >= 15 is 0 Å². The van der Waals surface area contributed by atoms with Crippen LogP contribution in [0.25, 0.3) is 0 Å². The number of carbonyl (C=O) groups is 1. The molecule has 2 rings (SSSR count). The van der Waals surface area contributed by atoms with Gasteiger partial charge in [-0.3, -0.25) is 10.1 Å². The molecule has 0 saturated heterocycles. The highest BCUT2D eigenvalue weighted by molar-refractivity contribution is 9.10. The van der Waals surface area contributed by atoms with E-state index in [1.807, 2.05) is 0 Å². The van der Waals surface area contributed by atoms with E-state index in [1.165, 1.54) is 18.2 Å². The summed E-state index contributed by atoms with van der Waals surface area (Å²) in [6.45, 7) is 0. The molecular formula is C13H7BrFNO5. The number of nitro benzene ring substituents is 1. The molecule has 0 fully saturated rings. The lowest BCUT2D eigenvalue weighted by Crippen LogP contribution is -1.97. The van der Waals surface area contributed by atoms with Crippen LogP contribution in [0.3, 0.4) is 0 Å². The number of hydrogen-bond acceptors (Lipinski definition) is 4. The first-order valence-corrected chi connectivity index (χ1v) is 6.32. The number of aromatic carboxylic acids is 1. The number of carboxylic acids is 1. The molecule has 0 unspecified atom stereocenters. The number of nitro groups is 1. The molecule has 0 heterocycles. The molecule has 0 atom stereocenters. The Balaban J connectivity index is 2.34. The minimum atomic E-state index is -1.16. The molecule has 0 aliphatic heterocycles. The summed E-state index contributed by atoms with van der Waals surface area (Å²) in [5.41, 5.74) is -0.443. The highest BCUT2D eigenvalue weighted by Crippen LogP contribution is 2.30. The minimum Gasteiger partial charge on any atom is -0.478 e. The monoisotopic (exact) mass is 355 g/mol. The first-order chi connectivity index (χ1) is 9.86. The molecule has 6 nitrogen and oxygen atoms in total. The SMILES string of the molecule is O=C(O)c1cc(Br)cc(Oc2ccc([N+](=O)[O-])cc2F)c1. The van der Waals surface area contributed by atoms with Crippen molar-refractivity contribution < 1.29 is 24.0 Å². The summed E-state index contributed by atoms with van der Waals surface area (Å²) in [5.74, 6) is -2.23. The summed E-state index contributed by atoms with van der Waals surface area (Å²) in [7, 11) is 0. The van der Waals surface area contributed by atoms with Gasteiger partial charge in [-0.05, 0) is 24.3 Å². The van der Waals surface area contributed by atoms with Crippen LogP contribution >= 0.6 is 15.9 Å². The molecule has 0 saturated carbocycles. The van der Waals surface area contributed by atoms with Crippen molar-refractivity contribution in [3.63, 3.8) is 0 Å². The summed E-state index contributed by atoms with van der Waals surface area (Å²) in [6, 6.07) is 6.96. The number of non-ortho nitro benzene ring substituents is 1. The van der Waals surface area contributed by atoms with Crippen LogP contribution in [0, 0.1) is 15.9 Å². The van der Waals surface area contributed by atoms with Crippen molar-refractivity contribution in [3.8, 4) is 11.5 Å². The molecule has 0 radical (unpaired) electrons. The lowest BCUT2D eigenvalue weighted by Gasteiger charge is -2.08. The number of benzene rings is 2. The Bertz CT molecular complexity index is 734. The second-order valence-electron chi connectivity index (χ2n) is 3.95. The van der Waals surface area contributed by atoms with Crippen molar-refractivity contribution in [2.75, 3.05) is 0 Å². The maximum absolute atomic E-state index is 13.7. The number of ether oxygens (including phenoxy) is 1. The Hall–Kier alpha value is -2.48. The quantitative estimate of drug-likeness (QED) is 0.661. The van der Waals surface area contributed by atoms with Crippen LogP contribution in [0.1, 0.15) is 10.4 Å². The largest absolute Gasteiger partial charge is 0.478 e. The van der Waals surface area contributed by atoms with Crippen molar-refractivity contribution in [2.24, 2.45) is 0 Å². The molecule has 0 aliphatic carbocycles. The zero-order chi connectivity index (χ0) is 15.6. The first-order valence-electron chi connectivity index (χ1n) is 5.52. The molecule has 2 aromatic carbocycles. The van der Waals surface area contributed by atoms with E-state index in [9.17, 15) is 19.3 Å². The molecular weight excluding hydrogens is 349 g/mol. The van der Waals surface area contributed by atoms with Crippen LogP contribution in [0.5, 0.6) is 11.5 Å². The summed E-state index contributed by atoms with van der Waals surface area (Å²) in [4.78, 5) is 20.7. The van der Waals surface area contributed by atoms with E-state index in [2.05, 4.69) is 15.9 Å². The van der Waals surface area contributed by atoms with Gasteiger partial charge in [0.2, 0.25) is 0 Å². The number of nitrogens with zero attached hydrogens (tertiary/aromatic N) is 1. The number of hydrogen-bond donors (Lipinski definition) is 1. The fraction of sp³-hybridized carbons (Fsp3) is 0. The average molecular weight is 356 g/mol. The number of rotatable bonds is 4. The second kappa shape index (κ2) is 5.88. The van der Waals surface area contributed by atoms with E-state index in [4.69, 9.17) is 9.84 Å². The highest BCUT2D eigenvalue weighted by Gasteiger charge is 2.13. The molecule has 0 aliphatic rings. The maximum Gasteiger partial charge on any atom is 0.335 e. The van der Waals surface area contributed by atoms with Crippen molar-refractivity contribution in [3.05, 3.63) is 62.4 Å². The van der Waals surface area contributed by atoms with Gasteiger partial charge in [0.1, 0.15) is 5.75 Å². The van der Waals surface area contributed by atoms with Crippen LogP contribution in [-0.2, 0) is 0 Å². The Morgan fingerprint density at radius 3 is 2.57 bits per heavy atom. The van der Waals surface area contributed by atoms with Crippen LogP contribution in [0.15, 0.2) is 40.9 Å². The molecule has 108 valence electrons. The molecule has 0 spiro atoms. The zero-order valence-corrected chi connectivity index (χ0v) is 11.8. The molecule has 8 heteroatoms. The third-order valence-corrected chi connectivity index (χ3v) is 2.93. The second-order valence-corrected chi connectivity index (χ2v) is 4.87. The summed E-state index contributed by atoms with van der Waals surface area (Å²) in [5, 5.41) is 19.4. The van der Waals surface area contributed by atoms with Gasteiger partial charge < -0.3 is 9.84 Å². The van der Waals surface area contributed by atoms with Crippen molar-refractivity contribution in [1.82, 2.24) is 0 Å². The van der Waals surface area contributed by atoms with Gasteiger partial charge in [-0.1, -0.05) is 15.9 Å². The fourth-order valence-electron chi connectivity index (χ4n) is 1.56. The Kier molecular flexibility index (Phi) is 4.18. The van der Waals surface area contributed by atoms with E-state index in [-0.39, 0.29) is 17.1 Å². The van der Waals surface area contributed by atoms with Gasteiger partial charge in [-0.2, -0.15) is 0 Å². The smallest absolute Gasteiger partial charge is 0.335 e. The summed E-state index contributed by atoms with van der Waals surface area (Å²) >= 11 is 3.12.